The summed E-state index contributed by atoms with van der Waals surface area (Å²) in [4.78, 5) is 21.9. The molecule has 0 radical (unpaired) electrons. The number of benzene rings is 2. The van der Waals surface area contributed by atoms with E-state index in [0.29, 0.717) is 11.1 Å². The van der Waals surface area contributed by atoms with E-state index in [0.717, 1.165) is 0 Å². The van der Waals surface area contributed by atoms with E-state index < -0.39 is 4.92 Å². The van der Waals surface area contributed by atoms with E-state index in [1.807, 2.05) is 6.07 Å². The molecule has 0 amide bonds. The Morgan fingerprint density at radius 3 is 1.89 bits per heavy atom. The Balaban J connectivity index is 0.000000861. The van der Waals surface area contributed by atoms with Crippen molar-refractivity contribution in [3.8, 4) is 6.57 Å². The Labute approximate surface area is 109 Å². The minimum atomic E-state index is -0.489. The molecule has 0 heterocycles. The van der Waals surface area contributed by atoms with Gasteiger partial charge in [0.1, 0.15) is 0 Å². The van der Waals surface area contributed by atoms with Gasteiger partial charge in [0, 0.05) is 29.8 Å². The van der Waals surface area contributed by atoms with Crippen molar-refractivity contribution in [3.05, 3.63) is 75.8 Å². The van der Waals surface area contributed by atoms with E-state index in [1.54, 1.807) is 24.3 Å². The third-order valence-corrected chi connectivity index (χ3v) is 2.38. The molecule has 5 nitrogen and oxygen atoms in total. The van der Waals surface area contributed by atoms with Crippen molar-refractivity contribution in [1.29, 1.82) is 5.26 Å². The van der Waals surface area contributed by atoms with Crippen molar-refractivity contribution in [1.82, 2.24) is 0 Å². The zero-order valence-corrected chi connectivity index (χ0v) is 9.89. The maximum atomic E-state index is 12.0. The number of non-ortho nitro benzene ring substituents is 1. The molecule has 0 aliphatic heterocycles. The Morgan fingerprint density at radius 2 is 1.42 bits per heavy atom. The first-order valence-corrected chi connectivity index (χ1v) is 5.28. The third kappa shape index (κ3) is 3.48. The van der Waals surface area contributed by atoms with Crippen molar-refractivity contribution >= 4 is 11.5 Å². The van der Waals surface area contributed by atoms with E-state index >= 15 is 0 Å². The van der Waals surface area contributed by atoms with Gasteiger partial charge in [-0.15, -0.1) is 0 Å². The molecule has 2 rings (SSSR count). The van der Waals surface area contributed by atoms with E-state index in [4.69, 9.17) is 5.26 Å². The minimum Gasteiger partial charge on any atom is -0.289 e. The average molecular weight is 254 g/mol. The van der Waals surface area contributed by atoms with Gasteiger partial charge in [-0.2, -0.15) is 0 Å². The number of hydrogen-bond acceptors (Lipinski definition) is 4. The third-order valence-electron chi connectivity index (χ3n) is 2.38. The second kappa shape index (κ2) is 6.67. The molecule has 19 heavy (non-hydrogen) atoms. The summed E-state index contributed by atoms with van der Waals surface area (Å²) in [7, 11) is 0. The van der Waals surface area contributed by atoms with Crippen LogP contribution in [0.3, 0.4) is 0 Å². The maximum absolute atomic E-state index is 12.0. The molecule has 5 heteroatoms. The molecule has 0 N–H and O–H groups in total. The monoisotopic (exact) mass is 254 g/mol. The van der Waals surface area contributed by atoms with Crippen molar-refractivity contribution < 1.29 is 9.72 Å². The van der Waals surface area contributed by atoms with E-state index in [1.165, 1.54) is 24.3 Å². The van der Waals surface area contributed by atoms with Gasteiger partial charge in [0.25, 0.3) is 5.69 Å². The van der Waals surface area contributed by atoms with Gasteiger partial charge < -0.3 is 0 Å². The SMILES string of the molecule is C#N.O=C(c1ccccc1)c1ccc([N+](=O)[O-])cc1. The van der Waals surface area contributed by atoms with Gasteiger partial charge in [-0.1, -0.05) is 30.3 Å². The molecule has 0 aromatic heterocycles. The van der Waals surface area contributed by atoms with E-state index in [9.17, 15) is 14.9 Å². The normalized spacial score (nSPS) is 8.95. The molecule has 2 aromatic carbocycles. The van der Waals surface area contributed by atoms with Gasteiger partial charge in [-0.05, 0) is 12.1 Å². The summed E-state index contributed by atoms with van der Waals surface area (Å²) in [5.74, 6) is -0.138. The van der Waals surface area contributed by atoms with Crippen LogP contribution in [0.4, 0.5) is 5.69 Å². The lowest BCUT2D eigenvalue weighted by atomic mass is 10.0. The average Bonchev–Trinajstić information content (AvgIpc) is 2.49. The first-order chi connectivity index (χ1) is 9.18. The van der Waals surface area contributed by atoms with Crippen LogP contribution in [-0.4, -0.2) is 10.7 Å². The number of hydrogen-bond donors (Lipinski definition) is 0. The molecule has 0 atom stereocenters. The smallest absolute Gasteiger partial charge is 0.269 e. The number of ketones is 1. The van der Waals surface area contributed by atoms with Gasteiger partial charge in [0.2, 0.25) is 0 Å². The molecule has 0 saturated carbocycles. The molecule has 94 valence electrons. The second-order valence-corrected chi connectivity index (χ2v) is 3.50. The first-order valence-electron chi connectivity index (χ1n) is 5.28. The summed E-state index contributed by atoms with van der Waals surface area (Å²) in [5, 5.41) is 17.0. The number of rotatable bonds is 3. The van der Waals surface area contributed by atoms with E-state index in [-0.39, 0.29) is 11.5 Å². The highest BCUT2D eigenvalue weighted by molar-refractivity contribution is 6.09. The van der Waals surface area contributed by atoms with Crippen LogP contribution in [0.1, 0.15) is 15.9 Å². The van der Waals surface area contributed by atoms with Crippen molar-refractivity contribution in [2.24, 2.45) is 0 Å². The van der Waals surface area contributed by atoms with Crippen molar-refractivity contribution in [2.75, 3.05) is 0 Å². The zero-order chi connectivity index (χ0) is 14.3. The molecule has 0 fully saturated rings. The van der Waals surface area contributed by atoms with Gasteiger partial charge >= 0.3 is 0 Å². The van der Waals surface area contributed by atoms with Crippen LogP contribution in [0.15, 0.2) is 54.6 Å². The highest BCUT2D eigenvalue weighted by Crippen LogP contribution is 2.15. The minimum absolute atomic E-state index is 0.0189. The Hall–Kier alpha value is -3.00. The summed E-state index contributed by atoms with van der Waals surface area (Å²) in [5.41, 5.74) is 0.998. The Morgan fingerprint density at radius 1 is 0.947 bits per heavy atom. The lowest BCUT2D eigenvalue weighted by Crippen LogP contribution is -2.00. The van der Waals surface area contributed by atoms with Crippen LogP contribution in [0.25, 0.3) is 0 Å². The fraction of sp³-hybridized carbons (Fsp3) is 0. The van der Waals surface area contributed by atoms with Gasteiger partial charge in [-0.25, -0.2) is 5.26 Å². The summed E-state index contributed by atoms with van der Waals surface area (Å²) in [6, 6.07) is 14.4. The lowest BCUT2D eigenvalue weighted by Gasteiger charge is -2.00. The molecule has 0 saturated heterocycles. The van der Waals surface area contributed by atoms with E-state index in [2.05, 4.69) is 6.57 Å². The fourth-order valence-corrected chi connectivity index (χ4v) is 1.49. The molecular formula is C14H10N2O3. The molecule has 0 spiro atoms. The van der Waals surface area contributed by atoms with Crippen LogP contribution in [-0.2, 0) is 0 Å². The number of carbonyl (C=O) groups excluding carboxylic acids is 1. The zero-order valence-electron chi connectivity index (χ0n) is 9.89. The molecule has 0 aliphatic rings. The second-order valence-electron chi connectivity index (χ2n) is 3.50. The summed E-state index contributed by atoms with van der Waals surface area (Å²) in [6.07, 6.45) is 0. The Kier molecular flexibility index (Phi) is 4.93. The number of nitro benzene ring substituents is 1. The predicted molar refractivity (Wildman–Crippen MR) is 69.6 cm³/mol. The van der Waals surface area contributed by atoms with Crippen molar-refractivity contribution in [2.45, 2.75) is 0 Å². The largest absolute Gasteiger partial charge is 0.289 e. The fourth-order valence-electron chi connectivity index (χ4n) is 1.49. The predicted octanol–water partition coefficient (Wildman–Crippen LogP) is 2.97. The highest BCUT2D eigenvalue weighted by atomic mass is 16.6. The quantitative estimate of drug-likeness (QED) is 0.478. The molecule has 2 aromatic rings. The summed E-state index contributed by atoms with van der Waals surface area (Å²) >= 11 is 0. The molecule has 0 aliphatic carbocycles. The van der Waals surface area contributed by atoms with Gasteiger partial charge in [-0.3, -0.25) is 14.9 Å². The topological polar surface area (TPSA) is 84.0 Å². The number of nitrogens with zero attached hydrogens (tertiary/aromatic N) is 2. The number of nitro groups is 1. The van der Waals surface area contributed by atoms with Crippen LogP contribution < -0.4 is 0 Å². The summed E-state index contributed by atoms with van der Waals surface area (Å²) < 4.78 is 0. The number of nitriles is 1. The van der Waals surface area contributed by atoms with Crippen molar-refractivity contribution in [3.63, 3.8) is 0 Å². The summed E-state index contributed by atoms with van der Waals surface area (Å²) in [6.45, 7) is 3.50. The first kappa shape index (κ1) is 14.1. The maximum Gasteiger partial charge on any atom is 0.269 e. The molecular weight excluding hydrogens is 244 g/mol. The van der Waals surface area contributed by atoms with Gasteiger partial charge in [0.15, 0.2) is 5.78 Å². The standard InChI is InChI=1S/C13H9NO3.CHN/c15-13(10-4-2-1-3-5-10)11-6-8-12(9-7-11)14(16)17;1-2/h1-9H;1H. The molecule has 0 unspecified atom stereocenters. The van der Waals surface area contributed by atoms with Gasteiger partial charge in [0.05, 0.1) is 4.92 Å². The van der Waals surface area contributed by atoms with Crippen LogP contribution in [0.2, 0.25) is 0 Å². The van der Waals surface area contributed by atoms with Crippen LogP contribution in [0.5, 0.6) is 0 Å². The molecule has 0 bridgehead atoms. The van der Waals surface area contributed by atoms with Crippen LogP contribution in [0, 0.1) is 21.9 Å². The van der Waals surface area contributed by atoms with Crippen LogP contribution >= 0.6 is 0 Å². The Bertz CT molecular complexity index is 589. The lowest BCUT2D eigenvalue weighted by molar-refractivity contribution is -0.384. The number of carbonyl (C=O) groups is 1. The highest BCUT2D eigenvalue weighted by Gasteiger charge is 2.10.